The Morgan fingerprint density at radius 2 is 2.00 bits per heavy atom. The Hall–Kier alpha value is -1.96. The maximum Gasteiger partial charge on any atom is 0.435 e. The van der Waals surface area contributed by atoms with Gasteiger partial charge in [-0.1, -0.05) is 0 Å². The zero-order valence-corrected chi connectivity index (χ0v) is 10.4. The minimum atomic E-state index is -4.53. The molecule has 0 aliphatic carbocycles. The number of alkyl halides is 3. The summed E-state index contributed by atoms with van der Waals surface area (Å²) in [5.41, 5.74) is 5.64. The minimum Gasteiger partial charge on any atom is -0.325 e. The van der Waals surface area contributed by atoms with Crippen molar-refractivity contribution in [3.05, 3.63) is 29.2 Å². The fourth-order valence-corrected chi connectivity index (χ4v) is 1.78. The van der Waals surface area contributed by atoms with Crippen LogP contribution in [0.3, 0.4) is 0 Å². The topological polar surface area (TPSA) is 69.6 Å². The van der Waals surface area contributed by atoms with Crippen LogP contribution in [0.2, 0.25) is 0 Å². The first kappa shape index (κ1) is 13.5. The van der Waals surface area contributed by atoms with Gasteiger partial charge in [-0.25, -0.2) is 0 Å². The van der Waals surface area contributed by atoms with Gasteiger partial charge in [-0.3, -0.25) is 4.68 Å². The van der Waals surface area contributed by atoms with E-state index in [1.807, 2.05) is 0 Å². The van der Waals surface area contributed by atoms with E-state index < -0.39 is 11.9 Å². The molecule has 0 aromatic carbocycles. The third-order valence-corrected chi connectivity index (χ3v) is 2.60. The fraction of sp³-hybridized carbons (Fsp3) is 0.364. The van der Waals surface area contributed by atoms with Crippen molar-refractivity contribution in [2.45, 2.75) is 19.6 Å². The lowest BCUT2D eigenvalue weighted by molar-refractivity contribution is -0.141. The first-order chi connectivity index (χ1) is 8.82. The summed E-state index contributed by atoms with van der Waals surface area (Å²) in [4.78, 5) is 0. The summed E-state index contributed by atoms with van der Waals surface area (Å²) in [6, 6.07) is 1.62. The monoisotopic (exact) mass is 271 g/mol. The number of hydrogen-bond acceptors (Lipinski definition) is 4. The van der Waals surface area contributed by atoms with Crippen LogP contribution in [0.15, 0.2) is 12.3 Å². The van der Waals surface area contributed by atoms with Crippen LogP contribution in [-0.4, -0.2) is 20.0 Å². The van der Waals surface area contributed by atoms with Crippen LogP contribution in [-0.2, 0) is 19.8 Å². The van der Waals surface area contributed by atoms with Gasteiger partial charge in [0, 0.05) is 19.8 Å². The molecule has 0 amide bonds. The molecule has 0 saturated carbocycles. The quantitative estimate of drug-likeness (QED) is 0.902. The lowest BCUT2D eigenvalue weighted by Crippen LogP contribution is -2.09. The zero-order chi connectivity index (χ0) is 14.2. The molecule has 0 saturated heterocycles. The summed E-state index contributed by atoms with van der Waals surface area (Å²) in [5, 5.41) is 11.1. The van der Waals surface area contributed by atoms with Crippen LogP contribution in [0.4, 0.5) is 13.2 Å². The molecule has 0 bridgehead atoms. The van der Waals surface area contributed by atoms with E-state index in [9.17, 15) is 13.2 Å². The van der Waals surface area contributed by atoms with E-state index in [4.69, 9.17) is 5.73 Å². The summed E-state index contributed by atoms with van der Waals surface area (Å²) >= 11 is 0. The lowest BCUT2D eigenvalue weighted by Gasteiger charge is -2.07. The van der Waals surface area contributed by atoms with E-state index >= 15 is 0 Å². The molecule has 5 nitrogen and oxygen atoms in total. The lowest BCUT2D eigenvalue weighted by atomic mass is 10.1. The Labute approximate surface area is 107 Å². The molecule has 0 unspecified atom stereocenters. The Bertz CT molecular complexity index is 603. The Morgan fingerprint density at radius 1 is 1.32 bits per heavy atom. The number of hydrogen-bond donors (Lipinski definition) is 1. The standard InChI is InChI=1S/C11H12F3N5/c1-6-3-7(4-15)16-17-9(6)8-5-19(2)18-10(8)11(12,13)14/h3,5H,4,15H2,1-2H3. The van der Waals surface area contributed by atoms with E-state index in [0.29, 0.717) is 11.3 Å². The van der Waals surface area contributed by atoms with Crippen molar-refractivity contribution in [3.63, 3.8) is 0 Å². The summed E-state index contributed by atoms with van der Waals surface area (Å²) in [6.45, 7) is 1.85. The maximum absolute atomic E-state index is 12.9. The number of aryl methyl sites for hydroxylation is 2. The van der Waals surface area contributed by atoms with Gasteiger partial charge in [0.05, 0.1) is 17.0 Å². The van der Waals surface area contributed by atoms with Gasteiger partial charge in [0.25, 0.3) is 0 Å². The fourth-order valence-electron chi connectivity index (χ4n) is 1.78. The largest absolute Gasteiger partial charge is 0.435 e. The molecular weight excluding hydrogens is 259 g/mol. The highest BCUT2D eigenvalue weighted by atomic mass is 19.4. The number of halogens is 3. The van der Waals surface area contributed by atoms with Crippen molar-refractivity contribution in [1.82, 2.24) is 20.0 Å². The Kier molecular flexibility index (Phi) is 3.27. The molecule has 0 aliphatic rings. The Balaban J connectivity index is 2.59. The van der Waals surface area contributed by atoms with Crippen LogP contribution in [0, 0.1) is 6.92 Å². The van der Waals surface area contributed by atoms with Crippen molar-refractivity contribution in [3.8, 4) is 11.3 Å². The highest BCUT2D eigenvalue weighted by Crippen LogP contribution is 2.35. The highest BCUT2D eigenvalue weighted by Gasteiger charge is 2.38. The molecule has 8 heteroatoms. The smallest absolute Gasteiger partial charge is 0.325 e. The predicted octanol–water partition coefficient (Wildman–Crippen LogP) is 1.66. The van der Waals surface area contributed by atoms with E-state index in [1.165, 1.54) is 13.2 Å². The van der Waals surface area contributed by atoms with Crippen molar-refractivity contribution in [2.75, 3.05) is 0 Å². The molecule has 0 fully saturated rings. The number of aromatic nitrogens is 4. The molecule has 2 N–H and O–H groups in total. The predicted molar refractivity (Wildman–Crippen MR) is 61.9 cm³/mol. The van der Waals surface area contributed by atoms with Gasteiger partial charge in [0.1, 0.15) is 0 Å². The van der Waals surface area contributed by atoms with E-state index in [-0.39, 0.29) is 17.8 Å². The van der Waals surface area contributed by atoms with E-state index in [2.05, 4.69) is 15.3 Å². The van der Waals surface area contributed by atoms with Gasteiger partial charge in [-0.15, -0.1) is 5.10 Å². The third kappa shape index (κ3) is 2.58. The van der Waals surface area contributed by atoms with Crippen LogP contribution in [0.25, 0.3) is 11.3 Å². The van der Waals surface area contributed by atoms with E-state index in [1.54, 1.807) is 13.0 Å². The second-order valence-electron chi connectivity index (χ2n) is 4.13. The molecule has 2 aromatic heterocycles. The van der Waals surface area contributed by atoms with Gasteiger partial charge >= 0.3 is 6.18 Å². The van der Waals surface area contributed by atoms with Crippen LogP contribution in [0.1, 0.15) is 17.0 Å². The van der Waals surface area contributed by atoms with Gasteiger partial charge in [-0.05, 0) is 18.6 Å². The highest BCUT2D eigenvalue weighted by molar-refractivity contribution is 5.64. The third-order valence-electron chi connectivity index (χ3n) is 2.60. The first-order valence-electron chi connectivity index (χ1n) is 5.47. The van der Waals surface area contributed by atoms with Crippen molar-refractivity contribution in [1.29, 1.82) is 0 Å². The normalized spacial score (nSPS) is 11.9. The summed E-state index contributed by atoms with van der Waals surface area (Å²) in [7, 11) is 1.43. The average Bonchev–Trinajstić information content (AvgIpc) is 2.70. The Morgan fingerprint density at radius 3 is 2.53 bits per heavy atom. The summed E-state index contributed by atoms with van der Waals surface area (Å²) in [5.74, 6) is 0. The molecule has 102 valence electrons. The van der Waals surface area contributed by atoms with Crippen molar-refractivity contribution in [2.24, 2.45) is 12.8 Å². The van der Waals surface area contributed by atoms with Crippen molar-refractivity contribution < 1.29 is 13.2 Å². The number of nitrogens with two attached hydrogens (primary N) is 1. The van der Waals surface area contributed by atoms with Gasteiger partial charge in [0.2, 0.25) is 0 Å². The molecule has 0 radical (unpaired) electrons. The van der Waals surface area contributed by atoms with Gasteiger partial charge < -0.3 is 5.73 Å². The first-order valence-corrected chi connectivity index (χ1v) is 5.47. The minimum absolute atomic E-state index is 0.0800. The van der Waals surface area contributed by atoms with Gasteiger partial charge in [0.15, 0.2) is 5.69 Å². The molecular formula is C11H12F3N5. The summed E-state index contributed by atoms with van der Waals surface area (Å²) < 4.78 is 39.7. The molecule has 0 spiro atoms. The average molecular weight is 271 g/mol. The van der Waals surface area contributed by atoms with E-state index in [0.717, 1.165) is 4.68 Å². The molecule has 2 rings (SSSR count). The zero-order valence-electron chi connectivity index (χ0n) is 10.4. The molecule has 19 heavy (non-hydrogen) atoms. The van der Waals surface area contributed by atoms with Crippen LogP contribution < -0.4 is 5.73 Å². The molecule has 2 aromatic rings. The molecule has 2 heterocycles. The number of rotatable bonds is 2. The van der Waals surface area contributed by atoms with Crippen molar-refractivity contribution >= 4 is 0 Å². The van der Waals surface area contributed by atoms with Crippen LogP contribution in [0.5, 0.6) is 0 Å². The number of nitrogens with zero attached hydrogens (tertiary/aromatic N) is 4. The SMILES string of the molecule is Cc1cc(CN)nnc1-c1cn(C)nc1C(F)(F)F. The summed E-state index contributed by atoms with van der Waals surface area (Å²) in [6.07, 6.45) is -3.25. The maximum atomic E-state index is 12.9. The molecule has 0 atom stereocenters. The molecule has 0 aliphatic heterocycles. The second kappa shape index (κ2) is 4.61. The van der Waals surface area contributed by atoms with Crippen LogP contribution >= 0.6 is 0 Å². The van der Waals surface area contributed by atoms with Gasteiger partial charge in [-0.2, -0.15) is 23.4 Å². The second-order valence-corrected chi connectivity index (χ2v) is 4.13.